The minimum Gasteiger partial charge on any atom is -0.329 e. The Morgan fingerprint density at radius 2 is 1.76 bits per heavy atom. The van der Waals surface area contributed by atoms with Crippen LogP contribution in [-0.4, -0.2) is 15.0 Å². The number of hydrogen-bond acceptors (Lipinski definition) is 3. The van der Waals surface area contributed by atoms with Crippen LogP contribution in [0, 0.1) is 11.6 Å². The van der Waals surface area contributed by atoms with E-state index in [4.69, 9.17) is 5.73 Å². The molecule has 0 amide bonds. The number of nitrogens with one attached hydrogen (secondary N) is 1. The van der Waals surface area contributed by atoms with E-state index in [2.05, 4.69) is 4.72 Å². The lowest BCUT2D eigenvalue weighted by Crippen LogP contribution is -2.33. The van der Waals surface area contributed by atoms with Crippen LogP contribution in [0.2, 0.25) is 0 Å². The third kappa shape index (κ3) is 3.63. The van der Waals surface area contributed by atoms with Gasteiger partial charge in [-0.2, -0.15) is 0 Å². The Morgan fingerprint density at radius 3 is 2.38 bits per heavy atom. The normalized spacial score (nSPS) is 13.1. The lowest BCUT2D eigenvalue weighted by atomic mass is 10.1. The quantitative estimate of drug-likeness (QED) is 0.886. The zero-order chi connectivity index (χ0) is 15.5. The van der Waals surface area contributed by atoms with E-state index >= 15 is 0 Å². The van der Waals surface area contributed by atoms with Gasteiger partial charge in [0, 0.05) is 6.54 Å². The molecule has 0 heterocycles. The molecule has 0 bridgehead atoms. The standard InChI is InChI=1S/C14H14F2N2O2S/c15-11-6-7-12(16)14(8-11)21(19,20)18-13(9-17)10-4-2-1-3-5-10/h1-8,13,18H,9,17H2. The molecule has 1 atom stereocenters. The van der Waals surface area contributed by atoms with Crippen molar-refractivity contribution in [2.75, 3.05) is 6.54 Å². The first-order chi connectivity index (χ1) is 9.94. The third-order valence-corrected chi connectivity index (χ3v) is 4.40. The number of rotatable bonds is 5. The highest BCUT2D eigenvalue weighted by Crippen LogP contribution is 2.19. The summed E-state index contributed by atoms with van der Waals surface area (Å²) in [5, 5.41) is 0. The van der Waals surface area contributed by atoms with Crippen molar-refractivity contribution in [1.29, 1.82) is 0 Å². The van der Waals surface area contributed by atoms with Crippen LogP contribution in [0.15, 0.2) is 53.4 Å². The zero-order valence-electron chi connectivity index (χ0n) is 11.0. The van der Waals surface area contributed by atoms with Crippen molar-refractivity contribution in [2.24, 2.45) is 5.73 Å². The molecule has 3 N–H and O–H groups in total. The highest BCUT2D eigenvalue weighted by Gasteiger charge is 2.24. The summed E-state index contributed by atoms with van der Waals surface area (Å²) in [4.78, 5) is -0.739. The van der Waals surface area contributed by atoms with Gasteiger partial charge in [0.15, 0.2) is 0 Å². The third-order valence-electron chi connectivity index (χ3n) is 2.92. The monoisotopic (exact) mass is 312 g/mol. The number of hydrogen-bond donors (Lipinski definition) is 2. The molecule has 0 aliphatic carbocycles. The van der Waals surface area contributed by atoms with Gasteiger partial charge in [0.05, 0.1) is 6.04 Å². The molecule has 2 aromatic carbocycles. The lowest BCUT2D eigenvalue weighted by molar-refractivity contribution is 0.533. The maximum Gasteiger partial charge on any atom is 0.244 e. The van der Waals surface area contributed by atoms with E-state index in [-0.39, 0.29) is 6.54 Å². The van der Waals surface area contributed by atoms with Gasteiger partial charge in [0.25, 0.3) is 0 Å². The topological polar surface area (TPSA) is 72.2 Å². The molecule has 7 heteroatoms. The molecule has 21 heavy (non-hydrogen) atoms. The zero-order valence-corrected chi connectivity index (χ0v) is 11.8. The van der Waals surface area contributed by atoms with Crippen LogP contribution in [0.5, 0.6) is 0 Å². The van der Waals surface area contributed by atoms with Crippen molar-refractivity contribution in [2.45, 2.75) is 10.9 Å². The maximum absolute atomic E-state index is 13.6. The van der Waals surface area contributed by atoms with E-state index in [9.17, 15) is 17.2 Å². The predicted molar refractivity (Wildman–Crippen MR) is 74.9 cm³/mol. The molecule has 0 saturated heterocycles. The Balaban J connectivity index is 2.34. The summed E-state index contributed by atoms with van der Waals surface area (Å²) < 4.78 is 53.4. The second kappa shape index (κ2) is 6.30. The van der Waals surface area contributed by atoms with Crippen molar-refractivity contribution in [1.82, 2.24) is 4.72 Å². The molecule has 0 aliphatic rings. The smallest absolute Gasteiger partial charge is 0.244 e. The Morgan fingerprint density at radius 1 is 1.10 bits per heavy atom. The summed E-state index contributed by atoms with van der Waals surface area (Å²) in [5.41, 5.74) is 6.20. The first-order valence-electron chi connectivity index (χ1n) is 6.16. The van der Waals surface area contributed by atoms with Crippen LogP contribution >= 0.6 is 0 Å². The molecule has 2 aromatic rings. The molecule has 0 fully saturated rings. The van der Waals surface area contributed by atoms with Gasteiger partial charge in [-0.25, -0.2) is 21.9 Å². The van der Waals surface area contributed by atoms with E-state index in [0.29, 0.717) is 11.6 Å². The fourth-order valence-electron chi connectivity index (χ4n) is 1.87. The summed E-state index contributed by atoms with van der Waals surface area (Å²) in [5.74, 6) is -1.85. The van der Waals surface area contributed by atoms with E-state index in [0.717, 1.165) is 12.1 Å². The van der Waals surface area contributed by atoms with Gasteiger partial charge < -0.3 is 5.73 Å². The average Bonchev–Trinajstić information content (AvgIpc) is 2.48. The van der Waals surface area contributed by atoms with Gasteiger partial charge in [-0.05, 0) is 23.8 Å². The second-order valence-corrected chi connectivity index (χ2v) is 6.08. The van der Waals surface area contributed by atoms with Crippen molar-refractivity contribution in [3.05, 3.63) is 65.7 Å². The Labute approximate surface area is 121 Å². The van der Waals surface area contributed by atoms with E-state index in [1.807, 2.05) is 0 Å². The van der Waals surface area contributed by atoms with Crippen LogP contribution in [0.25, 0.3) is 0 Å². The summed E-state index contributed by atoms with van der Waals surface area (Å²) in [6, 6.07) is 10.2. The fraction of sp³-hybridized carbons (Fsp3) is 0.143. The van der Waals surface area contributed by atoms with Crippen molar-refractivity contribution in [3.63, 3.8) is 0 Å². The van der Waals surface area contributed by atoms with Crippen molar-refractivity contribution >= 4 is 10.0 Å². The summed E-state index contributed by atoms with van der Waals surface area (Å²) >= 11 is 0. The molecule has 0 spiro atoms. The molecule has 112 valence electrons. The summed E-state index contributed by atoms with van der Waals surface area (Å²) in [6.07, 6.45) is 0. The molecule has 0 radical (unpaired) electrons. The van der Waals surface area contributed by atoms with Crippen LogP contribution in [0.4, 0.5) is 8.78 Å². The van der Waals surface area contributed by atoms with Crippen molar-refractivity contribution < 1.29 is 17.2 Å². The fourth-order valence-corrected chi connectivity index (χ4v) is 3.20. The Hall–Kier alpha value is -1.83. The molecule has 2 rings (SSSR count). The second-order valence-electron chi connectivity index (χ2n) is 4.40. The number of benzene rings is 2. The minimum atomic E-state index is -4.22. The van der Waals surface area contributed by atoms with Crippen LogP contribution in [0.3, 0.4) is 0 Å². The van der Waals surface area contributed by atoms with E-state index < -0.39 is 32.6 Å². The van der Waals surface area contributed by atoms with Crippen LogP contribution in [0.1, 0.15) is 11.6 Å². The maximum atomic E-state index is 13.6. The molecule has 4 nitrogen and oxygen atoms in total. The van der Waals surface area contributed by atoms with Gasteiger partial charge >= 0.3 is 0 Å². The number of nitrogens with two attached hydrogens (primary N) is 1. The Bertz CT molecular complexity index is 721. The van der Waals surface area contributed by atoms with Gasteiger partial charge in [-0.15, -0.1) is 0 Å². The van der Waals surface area contributed by atoms with Gasteiger partial charge in [0.2, 0.25) is 10.0 Å². The first-order valence-corrected chi connectivity index (χ1v) is 7.65. The molecule has 0 saturated carbocycles. The molecule has 0 aliphatic heterocycles. The predicted octanol–water partition coefficient (Wildman–Crippen LogP) is 1.94. The number of halogens is 2. The average molecular weight is 312 g/mol. The molecule has 1 unspecified atom stereocenters. The molecular weight excluding hydrogens is 298 g/mol. The number of sulfonamides is 1. The minimum absolute atomic E-state index is 0.0137. The van der Waals surface area contributed by atoms with Gasteiger partial charge in [-0.1, -0.05) is 30.3 Å². The van der Waals surface area contributed by atoms with Crippen LogP contribution < -0.4 is 10.5 Å². The summed E-state index contributed by atoms with van der Waals surface area (Å²) in [7, 11) is -4.22. The lowest BCUT2D eigenvalue weighted by Gasteiger charge is -2.17. The molecule has 0 aromatic heterocycles. The first kappa shape index (κ1) is 15.6. The van der Waals surface area contributed by atoms with Gasteiger partial charge in [-0.3, -0.25) is 0 Å². The van der Waals surface area contributed by atoms with E-state index in [1.165, 1.54) is 0 Å². The summed E-state index contributed by atoms with van der Waals surface area (Å²) in [6.45, 7) is -0.0137. The SMILES string of the molecule is NCC(NS(=O)(=O)c1cc(F)ccc1F)c1ccccc1. The van der Waals surface area contributed by atoms with Gasteiger partial charge in [0.1, 0.15) is 16.5 Å². The van der Waals surface area contributed by atoms with Crippen molar-refractivity contribution in [3.8, 4) is 0 Å². The van der Waals surface area contributed by atoms with E-state index in [1.54, 1.807) is 30.3 Å². The van der Waals surface area contributed by atoms with Crippen LogP contribution in [-0.2, 0) is 10.0 Å². The highest BCUT2D eigenvalue weighted by atomic mass is 32.2. The highest BCUT2D eigenvalue weighted by molar-refractivity contribution is 7.89. The molecular formula is C14H14F2N2O2S. The Kier molecular flexibility index (Phi) is 4.66. The largest absolute Gasteiger partial charge is 0.329 e.